The summed E-state index contributed by atoms with van der Waals surface area (Å²) >= 11 is 0. The predicted octanol–water partition coefficient (Wildman–Crippen LogP) is 3.98. The second-order valence-corrected chi connectivity index (χ2v) is 9.34. The summed E-state index contributed by atoms with van der Waals surface area (Å²) in [7, 11) is 0. The molecule has 4 nitrogen and oxygen atoms in total. The zero-order valence-corrected chi connectivity index (χ0v) is 16.6. The van der Waals surface area contributed by atoms with Crippen LogP contribution in [0.3, 0.4) is 0 Å². The molecule has 0 aromatic rings. The molecule has 4 rings (SSSR count). The summed E-state index contributed by atoms with van der Waals surface area (Å²) in [6.45, 7) is 5.31. The Morgan fingerprint density at radius 3 is 2.38 bits per heavy atom. The number of hydrogen-bond donors (Lipinski definition) is 0. The third kappa shape index (κ3) is 4.44. The molecule has 26 heavy (non-hydrogen) atoms. The highest BCUT2D eigenvalue weighted by atomic mass is 16.5. The van der Waals surface area contributed by atoms with Gasteiger partial charge in [-0.15, -0.1) is 0 Å². The molecule has 0 N–H and O–H groups in total. The van der Waals surface area contributed by atoms with Crippen molar-refractivity contribution in [3.8, 4) is 0 Å². The molecule has 1 amide bonds. The van der Waals surface area contributed by atoms with Gasteiger partial charge in [0, 0.05) is 32.2 Å². The highest BCUT2D eigenvalue weighted by molar-refractivity contribution is 5.76. The Morgan fingerprint density at radius 2 is 1.65 bits per heavy atom. The smallest absolute Gasteiger partial charge is 0.222 e. The van der Waals surface area contributed by atoms with E-state index in [1.165, 1.54) is 70.9 Å². The van der Waals surface area contributed by atoms with Crippen molar-refractivity contribution in [1.29, 1.82) is 0 Å². The van der Waals surface area contributed by atoms with Gasteiger partial charge < -0.3 is 14.5 Å². The fraction of sp³-hybridized carbons (Fsp3) is 0.955. The average molecular weight is 363 g/mol. The molecule has 1 unspecified atom stereocenters. The lowest BCUT2D eigenvalue weighted by molar-refractivity contribution is -0.150. The van der Waals surface area contributed by atoms with Crippen molar-refractivity contribution in [1.82, 2.24) is 9.80 Å². The summed E-state index contributed by atoms with van der Waals surface area (Å²) in [6, 6.07) is 0.716. The zero-order chi connectivity index (χ0) is 17.8. The molecule has 0 aromatic heterocycles. The number of rotatable bonds is 4. The number of nitrogens with zero attached hydrogens (tertiary/aromatic N) is 2. The van der Waals surface area contributed by atoms with Gasteiger partial charge in [-0.2, -0.15) is 0 Å². The van der Waals surface area contributed by atoms with Crippen LogP contribution in [0.15, 0.2) is 0 Å². The number of carbonyl (C=O) groups is 1. The summed E-state index contributed by atoms with van der Waals surface area (Å²) in [5.74, 6) is 1.22. The van der Waals surface area contributed by atoms with E-state index in [0.29, 0.717) is 11.9 Å². The molecule has 1 aliphatic carbocycles. The maximum atomic E-state index is 12.6. The molecule has 148 valence electrons. The minimum absolute atomic E-state index is 0.0581. The van der Waals surface area contributed by atoms with E-state index in [-0.39, 0.29) is 5.60 Å². The second kappa shape index (κ2) is 8.60. The summed E-state index contributed by atoms with van der Waals surface area (Å²) in [5.41, 5.74) is 0.0581. The molecule has 4 heteroatoms. The van der Waals surface area contributed by atoms with Crippen molar-refractivity contribution < 1.29 is 9.53 Å². The van der Waals surface area contributed by atoms with Crippen LogP contribution in [0, 0.1) is 5.92 Å². The van der Waals surface area contributed by atoms with Crippen LogP contribution >= 0.6 is 0 Å². The first kappa shape index (κ1) is 18.7. The van der Waals surface area contributed by atoms with E-state index >= 15 is 0 Å². The lowest BCUT2D eigenvalue weighted by Gasteiger charge is -2.49. The Kier molecular flexibility index (Phi) is 6.20. The molecule has 0 bridgehead atoms. The molecular formula is C22H38N2O2. The van der Waals surface area contributed by atoms with E-state index in [1.807, 2.05) is 0 Å². The monoisotopic (exact) mass is 362 g/mol. The van der Waals surface area contributed by atoms with Crippen LogP contribution in [0.5, 0.6) is 0 Å². The Labute approximate surface area is 159 Å². The van der Waals surface area contributed by atoms with E-state index in [4.69, 9.17) is 4.74 Å². The minimum Gasteiger partial charge on any atom is -0.375 e. The largest absolute Gasteiger partial charge is 0.375 e. The Bertz CT molecular complexity index is 461. The summed E-state index contributed by atoms with van der Waals surface area (Å²) in [4.78, 5) is 17.5. The topological polar surface area (TPSA) is 32.8 Å². The van der Waals surface area contributed by atoms with Gasteiger partial charge in [0.25, 0.3) is 0 Å². The van der Waals surface area contributed by atoms with Gasteiger partial charge in [0.05, 0.1) is 5.60 Å². The third-order valence-electron chi connectivity index (χ3n) is 7.64. The van der Waals surface area contributed by atoms with Crippen molar-refractivity contribution in [3.63, 3.8) is 0 Å². The third-order valence-corrected chi connectivity index (χ3v) is 7.64. The van der Waals surface area contributed by atoms with Crippen LogP contribution in [0.2, 0.25) is 0 Å². The molecule has 0 radical (unpaired) electrons. The van der Waals surface area contributed by atoms with Gasteiger partial charge in [-0.05, 0) is 64.0 Å². The Hall–Kier alpha value is -0.610. The van der Waals surface area contributed by atoms with Crippen LogP contribution < -0.4 is 0 Å². The molecule has 4 aliphatic rings. The number of likely N-dealkylation sites (tertiary alicyclic amines) is 2. The summed E-state index contributed by atoms with van der Waals surface area (Å²) in [6.07, 6.45) is 16.0. The molecule has 3 heterocycles. The van der Waals surface area contributed by atoms with Crippen LogP contribution in [0.4, 0.5) is 0 Å². The number of carbonyl (C=O) groups excluding carboxylic acids is 1. The molecule has 4 fully saturated rings. The van der Waals surface area contributed by atoms with Crippen molar-refractivity contribution in [3.05, 3.63) is 0 Å². The predicted molar refractivity (Wildman–Crippen MR) is 104 cm³/mol. The van der Waals surface area contributed by atoms with E-state index in [1.54, 1.807) is 0 Å². The van der Waals surface area contributed by atoms with Crippen LogP contribution in [-0.4, -0.2) is 60.1 Å². The molecular weight excluding hydrogens is 324 g/mol. The number of piperidine rings is 2. The number of hydrogen-bond acceptors (Lipinski definition) is 3. The van der Waals surface area contributed by atoms with Crippen molar-refractivity contribution in [2.45, 2.75) is 95.1 Å². The number of ether oxygens (including phenoxy) is 1. The molecule has 3 saturated heterocycles. The lowest BCUT2D eigenvalue weighted by Crippen LogP contribution is -2.55. The first-order valence-electron chi connectivity index (χ1n) is 11.4. The van der Waals surface area contributed by atoms with Crippen LogP contribution in [-0.2, 0) is 9.53 Å². The molecule has 3 aliphatic heterocycles. The first-order valence-corrected chi connectivity index (χ1v) is 11.4. The van der Waals surface area contributed by atoms with Gasteiger partial charge in [-0.1, -0.05) is 32.1 Å². The normalized spacial score (nSPS) is 30.8. The first-order chi connectivity index (χ1) is 12.7. The average Bonchev–Trinajstić information content (AvgIpc) is 3.21. The molecule has 0 aromatic carbocycles. The van der Waals surface area contributed by atoms with Crippen molar-refractivity contribution in [2.24, 2.45) is 5.92 Å². The maximum absolute atomic E-state index is 12.6. The van der Waals surface area contributed by atoms with E-state index in [9.17, 15) is 4.79 Å². The fourth-order valence-electron chi connectivity index (χ4n) is 5.89. The maximum Gasteiger partial charge on any atom is 0.222 e. The molecule has 1 atom stereocenters. The lowest BCUT2D eigenvalue weighted by atomic mass is 9.81. The Morgan fingerprint density at radius 1 is 0.923 bits per heavy atom. The Balaban J connectivity index is 1.24. The molecule has 1 saturated carbocycles. The van der Waals surface area contributed by atoms with E-state index in [0.717, 1.165) is 51.3 Å². The second-order valence-electron chi connectivity index (χ2n) is 9.34. The number of amides is 1. The summed E-state index contributed by atoms with van der Waals surface area (Å²) in [5, 5.41) is 0. The van der Waals surface area contributed by atoms with Gasteiger partial charge >= 0.3 is 0 Å². The van der Waals surface area contributed by atoms with Crippen molar-refractivity contribution >= 4 is 5.91 Å². The SMILES string of the molecule is O=C(CCC1CCCC1)N1CCC2(CC1)CC(N1CCCCC1)CCO2. The summed E-state index contributed by atoms with van der Waals surface area (Å²) < 4.78 is 6.33. The highest BCUT2D eigenvalue weighted by Gasteiger charge is 2.42. The van der Waals surface area contributed by atoms with Gasteiger partial charge in [-0.3, -0.25) is 4.79 Å². The molecule has 1 spiro atoms. The van der Waals surface area contributed by atoms with Crippen LogP contribution in [0.1, 0.15) is 83.5 Å². The van der Waals surface area contributed by atoms with Gasteiger partial charge in [0.1, 0.15) is 0 Å². The van der Waals surface area contributed by atoms with Gasteiger partial charge in [-0.25, -0.2) is 0 Å². The highest BCUT2D eigenvalue weighted by Crippen LogP contribution is 2.37. The van der Waals surface area contributed by atoms with E-state index < -0.39 is 0 Å². The minimum atomic E-state index is 0.0581. The standard InChI is InChI=1S/C22H38N2O2/c25-21(9-8-19-6-2-3-7-19)24-15-11-22(12-16-24)18-20(10-17-26-22)23-13-4-1-5-14-23/h19-20H,1-18H2. The quantitative estimate of drug-likeness (QED) is 0.758. The van der Waals surface area contributed by atoms with Gasteiger partial charge in [0.2, 0.25) is 5.91 Å². The van der Waals surface area contributed by atoms with Crippen molar-refractivity contribution in [2.75, 3.05) is 32.8 Å². The fourth-order valence-corrected chi connectivity index (χ4v) is 5.89. The van der Waals surface area contributed by atoms with E-state index in [2.05, 4.69) is 9.80 Å². The zero-order valence-electron chi connectivity index (χ0n) is 16.6. The van der Waals surface area contributed by atoms with Crippen LogP contribution in [0.25, 0.3) is 0 Å². The van der Waals surface area contributed by atoms with Gasteiger partial charge in [0.15, 0.2) is 0 Å².